The lowest BCUT2D eigenvalue weighted by atomic mass is 9.97. The number of aliphatic hydroxyl groups is 1. The Balaban J connectivity index is 1.91. The molecule has 0 bridgehead atoms. The largest absolute Gasteiger partial charge is 0.481 e. The van der Waals surface area contributed by atoms with Gasteiger partial charge < -0.3 is 112 Å². The molecule has 2 aromatic heterocycles. The van der Waals surface area contributed by atoms with Gasteiger partial charge in [0, 0.05) is 73.2 Å². The molecule has 14 atom stereocenters. The Kier molecular flexibility index (Phi) is 35.6. The van der Waals surface area contributed by atoms with Crippen molar-refractivity contribution in [2.75, 3.05) is 24.6 Å². The summed E-state index contributed by atoms with van der Waals surface area (Å²) < 4.78 is 0. The highest BCUT2D eigenvalue weighted by molar-refractivity contribution is 8.76. The van der Waals surface area contributed by atoms with Crippen LogP contribution in [0, 0.1) is 17.8 Å². The number of aromatic amines is 2. The molecule has 106 heavy (non-hydrogen) atoms. The highest BCUT2D eigenvalue weighted by Crippen LogP contribution is 2.25. The molecular formula is C65H99N21O18S2. The number of para-hydroxylation sites is 1. The molecule has 1 aliphatic rings. The van der Waals surface area contributed by atoms with Crippen LogP contribution < -0.4 is 92.1 Å². The number of rotatable bonds is 24. The molecule has 39 nitrogen and oxygen atoms in total. The smallest absolute Gasteiger partial charge is 0.305 e. The number of carboxylic acid groups (broad SMARTS) is 1. The van der Waals surface area contributed by atoms with Crippen LogP contribution in [0.2, 0.25) is 0 Å². The van der Waals surface area contributed by atoms with Gasteiger partial charge >= 0.3 is 5.97 Å². The van der Waals surface area contributed by atoms with Gasteiger partial charge in [-0.25, -0.2) is 4.98 Å². The predicted octanol–water partition coefficient (Wildman–Crippen LogP) is -5.94. The summed E-state index contributed by atoms with van der Waals surface area (Å²) in [6.07, 6.45) is -0.284. The molecular weight excluding hydrogens is 1430 g/mol. The number of benzene rings is 1. The highest BCUT2D eigenvalue weighted by atomic mass is 33.1. The molecule has 4 rings (SSSR count). The highest BCUT2D eigenvalue weighted by Gasteiger charge is 2.39. The number of hydrogen-bond acceptors (Lipinski definition) is 21. The van der Waals surface area contributed by atoms with E-state index in [1.54, 1.807) is 38.1 Å². The Labute approximate surface area is 618 Å². The monoisotopic (exact) mass is 1530 g/mol. The molecule has 0 spiro atoms. The molecule has 3 aromatic rings. The summed E-state index contributed by atoms with van der Waals surface area (Å²) >= 11 is 0. The van der Waals surface area contributed by atoms with Crippen LogP contribution in [0.5, 0.6) is 0 Å². The van der Waals surface area contributed by atoms with Crippen LogP contribution in [-0.4, -0.2) is 229 Å². The normalized spacial score (nSPS) is 23.4. The molecule has 584 valence electrons. The number of aromatic nitrogens is 3. The van der Waals surface area contributed by atoms with Crippen molar-refractivity contribution >= 4 is 133 Å². The number of guanidine groups is 1. The summed E-state index contributed by atoms with van der Waals surface area (Å²) in [6, 6.07) is -12.7. The number of hydrogen-bond donors (Lipinski definition) is 21. The molecule has 25 N–H and O–H groups in total. The summed E-state index contributed by atoms with van der Waals surface area (Å²) in [5.74, 6) is -20.3. The van der Waals surface area contributed by atoms with Gasteiger partial charge in [0.25, 0.3) is 0 Å². The van der Waals surface area contributed by atoms with Crippen LogP contribution in [0.1, 0.15) is 112 Å². The lowest BCUT2D eigenvalue weighted by Crippen LogP contribution is -2.62. The van der Waals surface area contributed by atoms with Gasteiger partial charge in [-0.3, -0.25) is 81.7 Å². The minimum atomic E-state index is -2.03. The number of H-pyrrole nitrogens is 2. The first-order valence-electron chi connectivity index (χ1n) is 34.1. The van der Waals surface area contributed by atoms with Gasteiger partial charge in [-0.1, -0.05) is 87.8 Å². The van der Waals surface area contributed by atoms with Crippen LogP contribution in [0.3, 0.4) is 0 Å². The molecule has 1 aliphatic heterocycles. The third-order valence-corrected chi connectivity index (χ3v) is 19.1. The fourth-order valence-electron chi connectivity index (χ4n) is 10.6. The number of imidazole rings is 1. The standard InChI is InChI=1S/C65H99N21O18S2/c1-10-31(6)51(76-34(9)88)64(104)83-45-27-106-105-26-44(61(101)86-52(33(8)87)53(67)93)82-56(96)39(16-13-19-71-65(68)69)77-58(98)42(21-36-24-70-28-74-36)79-54(94)32(7)75-47(90)25-73-55(95)41(20-35-23-72-38-15-12-11-14-37(35)38)80-59(99)43(22-48(91)92)81-57(97)40(17-18-46(66)89)78-62(102)49(29(2)3)85-63(103)50(30(4)5)84-60(45)100/h11-12,14-15,23-24,28-33,39-45,49-52,72,87H,10,13,16-22,25-27H2,1-9H3,(H2,66,89)(H2,67,93)(H,70,74)(H,73,95)(H,75,90)(H,76,88)(H,77,98)(H,78,102)(H,79,94)(H,80,99)(H,81,97)(H,82,96)(H,83,104)(H,84,100)(H,85,103)(H,86,101)(H,91,92)(H4,68,69,71)/t31-,32-,33+,39-,40-,41-,42-,43-,44-,45-,49-,50-,51-,52-/m0/s1. The van der Waals surface area contributed by atoms with Crippen molar-refractivity contribution in [2.45, 2.75) is 192 Å². The molecule has 0 unspecified atom stereocenters. The van der Waals surface area contributed by atoms with E-state index >= 15 is 0 Å². The molecule has 1 saturated heterocycles. The molecule has 1 aromatic carbocycles. The number of carbonyl (C=O) groups excluding carboxylic acids is 15. The van der Waals surface area contributed by atoms with Gasteiger partial charge in [0.2, 0.25) is 88.6 Å². The summed E-state index contributed by atoms with van der Waals surface area (Å²) in [4.78, 5) is 236. The quantitative estimate of drug-likeness (QED) is 0.0172. The number of aliphatic hydroxyl groups excluding tert-OH is 1. The fourth-order valence-corrected chi connectivity index (χ4v) is 12.9. The van der Waals surface area contributed by atoms with Crippen molar-refractivity contribution in [1.29, 1.82) is 0 Å². The average molecular weight is 1530 g/mol. The average Bonchev–Trinajstić information content (AvgIpc) is 1.22. The third kappa shape index (κ3) is 28.8. The number of aliphatic imine (C=N–C) groups is 1. The lowest BCUT2D eigenvalue weighted by molar-refractivity contribution is -0.141. The van der Waals surface area contributed by atoms with Crippen molar-refractivity contribution in [3.05, 3.63) is 54.2 Å². The van der Waals surface area contributed by atoms with E-state index in [4.69, 9.17) is 22.9 Å². The second-order valence-electron chi connectivity index (χ2n) is 26.1. The Morgan fingerprint density at radius 2 is 1.22 bits per heavy atom. The van der Waals surface area contributed by atoms with Crippen molar-refractivity contribution in [3.8, 4) is 0 Å². The van der Waals surface area contributed by atoms with Crippen LogP contribution >= 0.6 is 21.6 Å². The Morgan fingerprint density at radius 3 is 1.81 bits per heavy atom. The van der Waals surface area contributed by atoms with E-state index in [0.29, 0.717) is 22.9 Å². The maximum atomic E-state index is 14.8. The first-order chi connectivity index (χ1) is 49.9. The van der Waals surface area contributed by atoms with E-state index in [-0.39, 0.29) is 43.9 Å². The zero-order chi connectivity index (χ0) is 79.2. The topological polar surface area (TPSA) is 631 Å². The first-order valence-corrected chi connectivity index (χ1v) is 36.6. The van der Waals surface area contributed by atoms with Crippen LogP contribution in [0.15, 0.2) is 48.0 Å². The Morgan fingerprint density at radius 1 is 0.651 bits per heavy atom. The number of carbonyl (C=O) groups is 16. The van der Waals surface area contributed by atoms with Gasteiger partial charge in [-0.15, -0.1) is 0 Å². The minimum absolute atomic E-state index is 0.0116. The third-order valence-electron chi connectivity index (χ3n) is 16.7. The van der Waals surface area contributed by atoms with Crippen molar-refractivity contribution in [1.82, 2.24) is 84.1 Å². The van der Waals surface area contributed by atoms with Crippen molar-refractivity contribution in [3.63, 3.8) is 0 Å². The van der Waals surface area contributed by atoms with Gasteiger partial charge in [-0.05, 0) is 62.5 Å². The van der Waals surface area contributed by atoms with Gasteiger partial charge in [-0.2, -0.15) is 0 Å². The van der Waals surface area contributed by atoms with Crippen LogP contribution in [0.4, 0.5) is 0 Å². The van der Waals surface area contributed by atoms with Gasteiger partial charge in [0.15, 0.2) is 5.96 Å². The second kappa shape index (κ2) is 43.0. The Bertz CT molecular complexity index is 3650. The Hall–Kier alpha value is -10.6. The molecule has 3 heterocycles. The molecule has 0 radical (unpaired) electrons. The summed E-state index contributed by atoms with van der Waals surface area (Å²) in [5.41, 5.74) is 23.5. The van der Waals surface area contributed by atoms with E-state index in [1.165, 1.54) is 60.3 Å². The van der Waals surface area contributed by atoms with Gasteiger partial charge in [0.05, 0.1) is 25.4 Å². The number of primary amides is 2. The number of amides is 15. The minimum Gasteiger partial charge on any atom is -0.481 e. The number of carboxylic acids is 1. The van der Waals surface area contributed by atoms with E-state index in [0.717, 1.165) is 28.5 Å². The summed E-state index contributed by atoms with van der Waals surface area (Å²) in [6.45, 7) is 12.1. The number of aliphatic carboxylic acids is 1. The second-order valence-corrected chi connectivity index (χ2v) is 28.6. The SMILES string of the molecule is CC[C@H](C)[C@H](NC(C)=O)C(=O)N[C@H]1CSSC[C@@H](C(=O)N[C@H](C(N)=O)[C@@H](C)O)NC(=O)[C@H](CCCN=C(N)N)NC(=O)[C@H](Cc2cnc[nH]2)NC(=O)[C@H](C)NC(=O)CNC(=O)[C@H](Cc2c[nH]c3ccccc23)NC(=O)[C@H](CC(=O)O)NC(=O)[C@H](CCC(N)=O)NC(=O)[C@H](C(C)C)NC(=O)[C@H](C(C)C)NC1=O. The zero-order valence-electron chi connectivity index (χ0n) is 60.2. The lowest BCUT2D eigenvalue weighted by Gasteiger charge is -2.30. The van der Waals surface area contributed by atoms with E-state index < -0.39 is 228 Å². The maximum absolute atomic E-state index is 14.8. The van der Waals surface area contributed by atoms with E-state index in [2.05, 4.69) is 89.1 Å². The molecule has 1 fully saturated rings. The van der Waals surface area contributed by atoms with Crippen molar-refractivity contribution in [2.24, 2.45) is 45.7 Å². The van der Waals surface area contributed by atoms with Gasteiger partial charge in [0.1, 0.15) is 72.5 Å². The number of fused-ring (bicyclic) bond motifs is 1. The van der Waals surface area contributed by atoms with E-state index in [1.807, 2.05) is 0 Å². The zero-order valence-corrected chi connectivity index (χ0v) is 61.8. The van der Waals surface area contributed by atoms with Crippen LogP contribution in [0.25, 0.3) is 10.9 Å². The first kappa shape index (κ1) is 87.8. The number of nitrogens with zero attached hydrogens (tertiary/aromatic N) is 2. The fraction of sp³-hybridized carbons (Fsp3) is 0.569. The summed E-state index contributed by atoms with van der Waals surface area (Å²) in [5, 5.41) is 53.5. The van der Waals surface area contributed by atoms with E-state index in [9.17, 15) is 86.9 Å². The predicted molar refractivity (Wildman–Crippen MR) is 387 cm³/mol. The number of nitrogens with one attached hydrogen (secondary N) is 15. The molecule has 0 aliphatic carbocycles. The number of nitrogens with two attached hydrogens (primary N) is 4. The van der Waals surface area contributed by atoms with Crippen molar-refractivity contribution < 1.29 is 86.9 Å². The molecule has 15 amide bonds. The maximum Gasteiger partial charge on any atom is 0.305 e. The molecule has 41 heteroatoms. The van der Waals surface area contributed by atoms with Crippen LogP contribution in [-0.2, 0) is 89.6 Å². The summed E-state index contributed by atoms with van der Waals surface area (Å²) in [7, 11) is 1.65. The molecule has 0 saturated carbocycles.